The number of nitrogens with zero attached hydrogens (tertiary/aromatic N) is 2. The second-order valence-corrected chi connectivity index (χ2v) is 7.33. The number of hydrogen-bond donors (Lipinski definition) is 1. The predicted octanol–water partition coefficient (Wildman–Crippen LogP) is 1.49. The molecule has 0 aliphatic carbocycles. The van der Waals surface area contributed by atoms with Crippen molar-refractivity contribution in [2.24, 2.45) is 0 Å². The Morgan fingerprint density at radius 2 is 2.04 bits per heavy atom. The van der Waals surface area contributed by atoms with Gasteiger partial charge in [-0.2, -0.15) is 0 Å². The summed E-state index contributed by atoms with van der Waals surface area (Å²) in [6, 6.07) is 10.6. The molecule has 5 nitrogen and oxygen atoms in total. The fourth-order valence-corrected chi connectivity index (χ4v) is 3.57. The van der Waals surface area contributed by atoms with E-state index in [1.807, 2.05) is 13.8 Å². The molecular weight excluding hydrogens is 302 g/mol. The number of benzene rings is 1. The molecule has 1 aromatic carbocycles. The summed E-state index contributed by atoms with van der Waals surface area (Å²) in [5.41, 5.74) is 0.883. The minimum Gasteiger partial charge on any atom is -0.375 e. The van der Waals surface area contributed by atoms with E-state index in [2.05, 4.69) is 45.4 Å². The smallest absolute Gasteiger partial charge is 0.240 e. The van der Waals surface area contributed by atoms with E-state index in [9.17, 15) is 4.79 Å². The number of ether oxygens (including phenoxy) is 1. The summed E-state index contributed by atoms with van der Waals surface area (Å²) in [5, 5.41) is 2.96. The van der Waals surface area contributed by atoms with Gasteiger partial charge >= 0.3 is 0 Å². The van der Waals surface area contributed by atoms with Crippen molar-refractivity contribution in [3.63, 3.8) is 0 Å². The first-order valence-corrected chi connectivity index (χ1v) is 8.97. The molecule has 2 aliphatic heterocycles. The molecule has 1 N–H and O–H groups in total. The molecule has 24 heavy (non-hydrogen) atoms. The van der Waals surface area contributed by atoms with Crippen molar-refractivity contribution in [3.05, 3.63) is 35.9 Å². The summed E-state index contributed by atoms with van der Waals surface area (Å²) >= 11 is 0. The van der Waals surface area contributed by atoms with Crippen LogP contribution < -0.4 is 5.32 Å². The third-order valence-electron chi connectivity index (χ3n) is 5.12. The average Bonchev–Trinajstić information content (AvgIpc) is 2.78. The highest BCUT2D eigenvalue weighted by Crippen LogP contribution is 2.20. The Morgan fingerprint density at radius 1 is 1.25 bits per heavy atom. The maximum absolute atomic E-state index is 12.1. The molecule has 2 aliphatic rings. The molecule has 1 aromatic rings. The number of piperazine rings is 1. The number of carbonyl (C=O) groups is 1. The molecule has 5 heteroatoms. The van der Waals surface area contributed by atoms with Crippen LogP contribution in [0.25, 0.3) is 0 Å². The van der Waals surface area contributed by atoms with E-state index in [1.54, 1.807) is 0 Å². The van der Waals surface area contributed by atoms with E-state index in [4.69, 9.17) is 4.74 Å². The van der Waals surface area contributed by atoms with Gasteiger partial charge in [-0.25, -0.2) is 0 Å². The molecule has 0 spiro atoms. The van der Waals surface area contributed by atoms with Gasteiger partial charge in [-0.15, -0.1) is 0 Å². The Balaban J connectivity index is 1.61. The monoisotopic (exact) mass is 331 g/mol. The number of rotatable bonds is 4. The summed E-state index contributed by atoms with van der Waals surface area (Å²) in [4.78, 5) is 16.9. The minimum atomic E-state index is -0.460. The fourth-order valence-electron chi connectivity index (χ4n) is 3.57. The van der Waals surface area contributed by atoms with Gasteiger partial charge in [0.25, 0.3) is 0 Å². The Bertz CT molecular complexity index is 547. The molecule has 2 fully saturated rings. The predicted molar refractivity (Wildman–Crippen MR) is 94.7 cm³/mol. The maximum Gasteiger partial charge on any atom is 0.240 e. The number of carbonyl (C=O) groups excluding carboxylic acids is 1. The summed E-state index contributed by atoms with van der Waals surface area (Å²) in [6.45, 7) is 10.2. The van der Waals surface area contributed by atoms with Crippen LogP contribution in [-0.4, -0.2) is 66.7 Å². The van der Waals surface area contributed by atoms with E-state index in [0.29, 0.717) is 0 Å². The van der Waals surface area contributed by atoms with Gasteiger partial charge in [-0.1, -0.05) is 30.3 Å². The topological polar surface area (TPSA) is 44.8 Å². The first kappa shape index (κ1) is 17.4. The Hall–Kier alpha value is -1.43. The van der Waals surface area contributed by atoms with Crippen LogP contribution in [0.15, 0.2) is 30.3 Å². The van der Waals surface area contributed by atoms with Crippen LogP contribution in [0.4, 0.5) is 0 Å². The molecule has 0 bridgehead atoms. The highest BCUT2D eigenvalue weighted by molar-refractivity contribution is 5.86. The average molecular weight is 331 g/mol. The highest BCUT2D eigenvalue weighted by Gasteiger charge is 2.38. The Morgan fingerprint density at radius 3 is 2.83 bits per heavy atom. The second kappa shape index (κ2) is 7.64. The van der Waals surface area contributed by atoms with Crippen LogP contribution >= 0.6 is 0 Å². The molecule has 1 amide bonds. The van der Waals surface area contributed by atoms with Crippen LogP contribution in [-0.2, 0) is 16.1 Å². The highest BCUT2D eigenvalue weighted by atomic mass is 16.5. The fraction of sp³-hybridized carbons (Fsp3) is 0.632. The molecule has 1 unspecified atom stereocenters. The van der Waals surface area contributed by atoms with Crippen molar-refractivity contribution in [2.45, 2.75) is 38.5 Å². The third kappa shape index (κ3) is 4.15. The van der Waals surface area contributed by atoms with Crippen LogP contribution in [0.1, 0.15) is 25.8 Å². The van der Waals surface area contributed by atoms with Crippen molar-refractivity contribution >= 4 is 5.91 Å². The summed E-state index contributed by atoms with van der Waals surface area (Å²) < 4.78 is 6.09. The molecule has 0 saturated carbocycles. The van der Waals surface area contributed by atoms with Gasteiger partial charge in [0.05, 0.1) is 11.6 Å². The van der Waals surface area contributed by atoms with Gasteiger partial charge in [0.2, 0.25) is 5.91 Å². The number of nitrogens with one attached hydrogen (secondary N) is 1. The van der Waals surface area contributed by atoms with Crippen LogP contribution in [0.3, 0.4) is 0 Å². The van der Waals surface area contributed by atoms with Crippen LogP contribution in [0.2, 0.25) is 0 Å². The normalized spacial score (nSPS) is 25.9. The second-order valence-electron chi connectivity index (χ2n) is 7.33. The molecular formula is C19H29N3O2. The third-order valence-corrected chi connectivity index (χ3v) is 5.12. The van der Waals surface area contributed by atoms with E-state index >= 15 is 0 Å². The lowest BCUT2D eigenvalue weighted by Gasteiger charge is -2.42. The van der Waals surface area contributed by atoms with E-state index in [-0.39, 0.29) is 12.0 Å². The van der Waals surface area contributed by atoms with E-state index in [1.165, 1.54) is 5.56 Å². The summed E-state index contributed by atoms with van der Waals surface area (Å²) in [5.74, 6) is 0.114. The van der Waals surface area contributed by atoms with Crippen molar-refractivity contribution in [3.8, 4) is 0 Å². The molecule has 2 heterocycles. The lowest BCUT2D eigenvalue weighted by atomic mass is 9.98. The quantitative estimate of drug-likeness (QED) is 0.908. The minimum absolute atomic E-state index is 0.114. The Labute approximate surface area is 145 Å². The van der Waals surface area contributed by atoms with Crippen LogP contribution in [0.5, 0.6) is 0 Å². The van der Waals surface area contributed by atoms with Gasteiger partial charge in [-0.3, -0.25) is 14.6 Å². The molecule has 2 saturated heterocycles. The molecule has 0 aromatic heterocycles. The Kier molecular flexibility index (Phi) is 5.54. The molecule has 1 atom stereocenters. The first-order chi connectivity index (χ1) is 11.6. The maximum atomic E-state index is 12.1. The van der Waals surface area contributed by atoms with Crippen molar-refractivity contribution in [1.82, 2.24) is 15.1 Å². The number of amides is 1. The van der Waals surface area contributed by atoms with E-state index < -0.39 is 5.54 Å². The summed E-state index contributed by atoms with van der Waals surface area (Å²) in [7, 11) is 0. The molecule has 3 rings (SSSR count). The van der Waals surface area contributed by atoms with Gasteiger partial charge in [0.15, 0.2) is 0 Å². The van der Waals surface area contributed by atoms with Gasteiger partial charge < -0.3 is 10.1 Å². The standard InChI is InChI=1S/C19H29N3O2/c1-19(2)18(23)20-9-11-22(19)15-17-14-21(10-6-12-24-17)13-16-7-4-3-5-8-16/h3-5,7-8,17H,6,9-15H2,1-2H3,(H,20,23). The number of hydrogen-bond acceptors (Lipinski definition) is 4. The van der Waals surface area contributed by atoms with Gasteiger partial charge in [0, 0.05) is 45.9 Å². The van der Waals surface area contributed by atoms with Gasteiger partial charge in [0.1, 0.15) is 0 Å². The lowest BCUT2D eigenvalue weighted by Crippen LogP contribution is -2.63. The zero-order chi connectivity index (χ0) is 17.0. The van der Waals surface area contributed by atoms with Gasteiger partial charge in [-0.05, 0) is 25.8 Å². The van der Waals surface area contributed by atoms with Crippen molar-refractivity contribution in [2.75, 3.05) is 39.3 Å². The molecule has 0 radical (unpaired) electrons. The summed E-state index contributed by atoms with van der Waals surface area (Å²) in [6.07, 6.45) is 1.22. The van der Waals surface area contributed by atoms with E-state index in [0.717, 1.165) is 52.3 Å². The van der Waals surface area contributed by atoms with Crippen molar-refractivity contribution in [1.29, 1.82) is 0 Å². The largest absolute Gasteiger partial charge is 0.375 e. The SMILES string of the molecule is CC1(C)C(=O)NCCN1CC1CN(Cc2ccccc2)CCCO1. The lowest BCUT2D eigenvalue weighted by molar-refractivity contribution is -0.136. The molecule has 132 valence electrons. The van der Waals surface area contributed by atoms with Crippen LogP contribution in [0, 0.1) is 0 Å². The zero-order valence-electron chi connectivity index (χ0n) is 14.8. The first-order valence-electron chi connectivity index (χ1n) is 8.97. The van der Waals surface area contributed by atoms with Crippen molar-refractivity contribution < 1.29 is 9.53 Å². The zero-order valence-corrected chi connectivity index (χ0v) is 14.8.